The number of carbonyl (C=O) groups is 1. The van der Waals surface area contributed by atoms with Crippen LogP contribution in [-0.2, 0) is 6.61 Å². The van der Waals surface area contributed by atoms with Gasteiger partial charge in [0.2, 0.25) is 0 Å². The van der Waals surface area contributed by atoms with Crippen LogP contribution in [0.3, 0.4) is 0 Å². The van der Waals surface area contributed by atoms with Crippen molar-refractivity contribution >= 4 is 17.3 Å². The molecular formula is C9H7NO4S. The summed E-state index contributed by atoms with van der Waals surface area (Å²) < 4.78 is 5.05. The van der Waals surface area contributed by atoms with Crippen molar-refractivity contribution in [2.75, 3.05) is 0 Å². The molecule has 0 aromatic carbocycles. The van der Waals surface area contributed by atoms with E-state index in [2.05, 4.69) is 4.98 Å². The Morgan fingerprint density at radius 1 is 1.60 bits per heavy atom. The zero-order valence-electron chi connectivity index (χ0n) is 7.51. The van der Waals surface area contributed by atoms with Gasteiger partial charge in [0, 0.05) is 11.4 Å². The molecule has 5 nitrogen and oxygen atoms in total. The molecule has 2 aromatic heterocycles. The molecule has 0 atom stereocenters. The van der Waals surface area contributed by atoms with Crippen LogP contribution >= 0.6 is 11.3 Å². The van der Waals surface area contributed by atoms with Crippen molar-refractivity contribution in [2.24, 2.45) is 0 Å². The molecule has 0 unspecified atom stereocenters. The van der Waals surface area contributed by atoms with E-state index >= 15 is 0 Å². The van der Waals surface area contributed by atoms with Crippen molar-refractivity contribution in [2.45, 2.75) is 6.61 Å². The summed E-state index contributed by atoms with van der Waals surface area (Å²) in [6.45, 7) is -0.128. The second kappa shape index (κ2) is 3.84. The summed E-state index contributed by atoms with van der Waals surface area (Å²) in [5.74, 6) is -0.647. The number of aliphatic hydroxyl groups excluding tert-OH is 1. The van der Waals surface area contributed by atoms with Gasteiger partial charge in [-0.05, 0) is 0 Å². The Bertz CT molecular complexity index is 488. The summed E-state index contributed by atoms with van der Waals surface area (Å²) in [4.78, 5) is 14.6. The van der Waals surface area contributed by atoms with Gasteiger partial charge < -0.3 is 14.6 Å². The number of aromatic nitrogens is 1. The van der Waals surface area contributed by atoms with E-state index in [1.54, 1.807) is 5.38 Å². The molecule has 0 spiro atoms. The van der Waals surface area contributed by atoms with Gasteiger partial charge in [0.1, 0.15) is 17.0 Å². The lowest BCUT2D eigenvalue weighted by atomic mass is 10.3. The number of aliphatic hydroxyl groups is 1. The fourth-order valence-corrected chi connectivity index (χ4v) is 1.72. The Labute approximate surface area is 88.6 Å². The average molecular weight is 225 g/mol. The van der Waals surface area contributed by atoms with Gasteiger partial charge in [0.05, 0.1) is 12.2 Å². The maximum absolute atomic E-state index is 10.6. The molecule has 0 aliphatic carbocycles. The first-order valence-corrected chi connectivity index (χ1v) is 4.96. The molecular weight excluding hydrogens is 218 g/mol. The Morgan fingerprint density at radius 3 is 2.93 bits per heavy atom. The van der Waals surface area contributed by atoms with E-state index < -0.39 is 5.97 Å². The van der Waals surface area contributed by atoms with Crippen LogP contribution in [0.4, 0.5) is 0 Å². The molecule has 78 valence electrons. The highest BCUT2D eigenvalue weighted by molar-refractivity contribution is 7.09. The van der Waals surface area contributed by atoms with Gasteiger partial charge in [0.15, 0.2) is 5.76 Å². The van der Waals surface area contributed by atoms with Gasteiger partial charge in [0.25, 0.3) is 0 Å². The third-order valence-electron chi connectivity index (χ3n) is 1.79. The fraction of sp³-hybridized carbons (Fsp3) is 0.111. The number of furan rings is 1. The molecule has 15 heavy (non-hydrogen) atoms. The van der Waals surface area contributed by atoms with Gasteiger partial charge in [-0.15, -0.1) is 11.3 Å². The van der Waals surface area contributed by atoms with Crippen LogP contribution in [0.25, 0.3) is 11.5 Å². The summed E-state index contributed by atoms with van der Waals surface area (Å²) >= 11 is 1.29. The van der Waals surface area contributed by atoms with Gasteiger partial charge in [-0.25, -0.2) is 9.78 Å². The number of carboxylic acid groups (broad SMARTS) is 1. The topological polar surface area (TPSA) is 83.6 Å². The predicted octanol–water partition coefficient (Wildman–Crippen LogP) is 1.59. The van der Waals surface area contributed by atoms with Gasteiger partial charge in [-0.2, -0.15) is 0 Å². The van der Waals surface area contributed by atoms with Gasteiger partial charge in [-0.1, -0.05) is 0 Å². The zero-order valence-corrected chi connectivity index (χ0v) is 8.32. The Kier molecular flexibility index (Phi) is 2.53. The average Bonchev–Trinajstić information content (AvgIpc) is 2.86. The third kappa shape index (κ3) is 1.90. The summed E-state index contributed by atoms with van der Waals surface area (Å²) in [6, 6.07) is 1.40. The first-order valence-electron chi connectivity index (χ1n) is 4.08. The zero-order chi connectivity index (χ0) is 10.8. The van der Waals surface area contributed by atoms with Crippen LogP contribution in [0.1, 0.15) is 15.4 Å². The van der Waals surface area contributed by atoms with Gasteiger partial charge >= 0.3 is 5.97 Å². The number of carboxylic acids is 1. The van der Waals surface area contributed by atoms with Crippen molar-refractivity contribution in [1.29, 1.82) is 0 Å². The van der Waals surface area contributed by atoms with Crippen molar-refractivity contribution in [1.82, 2.24) is 4.98 Å². The summed E-state index contributed by atoms with van der Waals surface area (Å²) in [5.41, 5.74) is 0.625. The van der Waals surface area contributed by atoms with E-state index in [0.717, 1.165) is 6.26 Å². The molecule has 0 amide bonds. The minimum atomic E-state index is -1.04. The van der Waals surface area contributed by atoms with E-state index in [-0.39, 0.29) is 12.2 Å². The Morgan fingerprint density at radius 2 is 2.40 bits per heavy atom. The molecule has 0 saturated carbocycles. The molecule has 0 aliphatic heterocycles. The highest BCUT2D eigenvalue weighted by atomic mass is 32.1. The lowest BCUT2D eigenvalue weighted by molar-refractivity contribution is 0.0696. The molecule has 0 bridgehead atoms. The second-order valence-electron chi connectivity index (χ2n) is 2.79. The van der Waals surface area contributed by atoms with Crippen LogP contribution in [0, 0.1) is 0 Å². The number of nitrogens with zero attached hydrogens (tertiary/aromatic N) is 1. The highest BCUT2D eigenvalue weighted by Gasteiger charge is 2.12. The Balaban J connectivity index is 2.32. The number of thiazole rings is 1. The smallest absolute Gasteiger partial charge is 0.338 e. The normalized spacial score (nSPS) is 10.5. The standard InChI is InChI=1S/C9H7NO4S/c11-2-8-10-6(4-15-8)7-1-5(3-14-7)9(12)13/h1,3-4,11H,2H2,(H,12,13). The number of rotatable bonds is 3. The monoisotopic (exact) mass is 225 g/mol. The van der Waals surface area contributed by atoms with Crippen molar-refractivity contribution in [3.63, 3.8) is 0 Å². The van der Waals surface area contributed by atoms with Crippen molar-refractivity contribution < 1.29 is 19.4 Å². The molecule has 0 aliphatic rings. The summed E-state index contributed by atoms with van der Waals surface area (Å²) in [6.07, 6.45) is 1.16. The van der Waals surface area contributed by atoms with Gasteiger partial charge in [-0.3, -0.25) is 0 Å². The molecule has 2 heterocycles. The van der Waals surface area contributed by atoms with E-state index in [4.69, 9.17) is 14.6 Å². The first-order chi connectivity index (χ1) is 7.20. The first kappa shape index (κ1) is 9.88. The van der Waals surface area contributed by atoms with Crippen molar-refractivity contribution in [3.8, 4) is 11.5 Å². The van der Waals surface area contributed by atoms with Crippen LogP contribution < -0.4 is 0 Å². The predicted molar refractivity (Wildman–Crippen MR) is 52.7 cm³/mol. The van der Waals surface area contributed by atoms with E-state index in [9.17, 15) is 4.79 Å². The molecule has 0 radical (unpaired) electrons. The van der Waals surface area contributed by atoms with E-state index in [0.29, 0.717) is 16.5 Å². The summed E-state index contributed by atoms with van der Waals surface area (Å²) in [7, 11) is 0. The number of hydrogen-bond acceptors (Lipinski definition) is 5. The molecule has 0 saturated heterocycles. The van der Waals surface area contributed by atoms with Crippen LogP contribution in [0.2, 0.25) is 0 Å². The van der Waals surface area contributed by atoms with E-state index in [1.165, 1.54) is 17.4 Å². The Hall–Kier alpha value is -1.66. The largest absolute Gasteiger partial charge is 0.478 e. The van der Waals surface area contributed by atoms with Crippen LogP contribution in [0.5, 0.6) is 0 Å². The fourth-order valence-electron chi connectivity index (χ4n) is 1.08. The lowest BCUT2D eigenvalue weighted by Crippen LogP contribution is -1.91. The number of hydrogen-bond donors (Lipinski definition) is 2. The molecule has 0 fully saturated rings. The SMILES string of the molecule is O=C(O)c1coc(-c2csc(CO)n2)c1. The summed E-state index contributed by atoms with van der Waals surface area (Å²) in [5, 5.41) is 19.8. The lowest BCUT2D eigenvalue weighted by Gasteiger charge is -1.86. The number of aromatic carboxylic acids is 1. The van der Waals surface area contributed by atoms with Crippen molar-refractivity contribution in [3.05, 3.63) is 28.3 Å². The van der Waals surface area contributed by atoms with E-state index in [1.807, 2.05) is 0 Å². The van der Waals surface area contributed by atoms with Crippen LogP contribution in [0.15, 0.2) is 22.1 Å². The maximum atomic E-state index is 10.6. The quantitative estimate of drug-likeness (QED) is 0.828. The minimum Gasteiger partial charge on any atom is -0.478 e. The second-order valence-corrected chi connectivity index (χ2v) is 3.73. The minimum absolute atomic E-state index is 0.0866. The molecule has 2 N–H and O–H groups in total. The highest BCUT2D eigenvalue weighted by Crippen LogP contribution is 2.24. The maximum Gasteiger partial charge on any atom is 0.338 e. The molecule has 2 rings (SSSR count). The molecule has 2 aromatic rings. The molecule has 6 heteroatoms. The van der Waals surface area contributed by atoms with Crippen LogP contribution in [-0.4, -0.2) is 21.2 Å². The third-order valence-corrected chi connectivity index (χ3v) is 2.62.